The lowest BCUT2D eigenvalue weighted by atomic mass is 10.1. The first-order valence-electron chi connectivity index (χ1n) is 8.91. The Morgan fingerprint density at radius 3 is 2.46 bits per heavy atom. The Balaban J connectivity index is 1.75. The smallest absolute Gasteiger partial charge is 0.318 e. The van der Waals surface area contributed by atoms with Crippen molar-refractivity contribution in [3.05, 3.63) is 65.5 Å². The van der Waals surface area contributed by atoms with Crippen molar-refractivity contribution < 1.29 is 13.9 Å². The van der Waals surface area contributed by atoms with Crippen molar-refractivity contribution in [2.45, 2.75) is 13.0 Å². The molecule has 0 spiro atoms. The van der Waals surface area contributed by atoms with Crippen LogP contribution in [0.25, 0.3) is 11.3 Å². The maximum atomic E-state index is 13.7. The summed E-state index contributed by atoms with van der Waals surface area (Å²) >= 11 is 0. The van der Waals surface area contributed by atoms with Gasteiger partial charge in [-0.15, -0.1) is 0 Å². The summed E-state index contributed by atoms with van der Waals surface area (Å²) in [6.45, 7) is 0.804. The van der Waals surface area contributed by atoms with Gasteiger partial charge in [0.25, 0.3) is 0 Å². The molecule has 0 unspecified atom stereocenters. The van der Waals surface area contributed by atoms with E-state index in [1.807, 2.05) is 30.3 Å². The van der Waals surface area contributed by atoms with Crippen LogP contribution in [0.3, 0.4) is 0 Å². The van der Waals surface area contributed by atoms with E-state index in [4.69, 9.17) is 15.2 Å². The summed E-state index contributed by atoms with van der Waals surface area (Å²) in [7, 11) is 3.16. The Labute approximate surface area is 163 Å². The fraction of sp³-hybridized carbons (Fsp3) is 0.238. The number of ether oxygens (including phenoxy) is 2. The Hall–Kier alpha value is -3.19. The number of aromatic nitrogens is 2. The first-order valence-corrected chi connectivity index (χ1v) is 8.91. The molecule has 2 aromatic carbocycles. The maximum absolute atomic E-state index is 13.7. The number of hydrogen-bond acceptors (Lipinski definition) is 6. The molecule has 146 valence electrons. The molecule has 7 heteroatoms. The monoisotopic (exact) mass is 382 g/mol. The number of rotatable bonds is 8. The summed E-state index contributed by atoms with van der Waals surface area (Å²) in [4.78, 5) is 8.69. The Morgan fingerprint density at radius 2 is 1.79 bits per heavy atom. The molecule has 0 aliphatic rings. The summed E-state index contributed by atoms with van der Waals surface area (Å²) in [5, 5.41) is 3.29. The minimum absolute atomic E-state index is 0.120. The molecule has 0 amide bonds. The van der Waals surface area contributed by atoms with Crippen molar-refractivity contribution in [1.82, 2.24) is 9.97 Å². The van der Waals surface area contributed by atoms with Gasteiger partial charge in [0.2, 0.25) is 0 Å². The van der Waals surface area contributed by atoms with E-state index in [1.165, 1.54) is 18.7 Å². The Morgan fingerprint density at radius 1 is 1.00 bits per heavy atom. The van der Waals surface area contributed by atoms with Crippen LogP contribution in [0.1, 0.15) is 11.1 Å². The summed E-state index contributed by atoms with van der Waals surface area (Å²) in [6, 6.07) is 14.7. The maximum Gasteiger partial charge on any atom is 0.318 e. The van der Waals surface area contributed by atoms with Gasteiger partial charge in [-0.1, -0.05) is 12.1 Å². The summed E-state index contributed by atoms with van der Waals surface area (Å²) in [6.07, 6.45) is 0.819. The molecule has 0 atom stereocenters. The van der Waals surface area contributed by atoms with Gasteiger partial charge in [0.05, 0.1) is 19.9 Å². The number of anilines is 1. The van der Waals surface area contributed by atoms with Crippen molar-refractivity contribution in [2.75, 3.05) is 26.1 Å². The third kappa shape index (κ3) is 4.75. The molecule has 0 aliphatic heterocycles. The Kier molecular flexibility index (Phi) is 6.39. The zero-order valence-corrected chi connectivity index (χ0v) is 15.9. The van der Waals surface area contributed by atoms with Gasteiger partial charge in [0.1, 0.15) is 17.4 Å². The first kappa shape index (κ1) is 19.6. The molecular weight excluding hydrogens is 359 g/mol. The van der Waals surface area contributed by atoms with Gasteiger partial charge in [-0.25, -0.2) is 4.39 Å². The first-order chi connectivity index (χ1) is 13.6. The van der Waals surface area contributed by atoms with Crippen molar-refractivity contribution >= 4 is 5.82 Å². The lowest BCUT2D eigenvalue weighted by molar-refractivity contribution is 0.381. The van der Waals surface area contributed by atoms with Gasteiger partial charge >= 0.3 is 6.01 Å². The number of hydrogen-bond donors (Lipinski definition) is 2. The molecular formula is C21H23FN4O2. The minimum Gasteiger partial charge on any atom is -0.497 e. The topological polar surface area (TPSA) is 82.3 Å². The number of halogens is 1. The lowest BCUT2D eigenvalue weighted by Crippen LogP contribution is -2.08. The van der Waals surface area contributed by atoms with Crippen LogP contribution in [0.4, 0.5) is 10.2 Å². The van der Waals surface area contributed by atoms with Gasteiger partial charge in [-0.3, -0.25) is 0 Å². The van der Waals surface area contributed by atoms with E-state index < -0.39 is 0 Å². The van der Waals surface area contributed by atoms with Crippen LogP contribution in [-0.2, 0) is 13.0 Å². The molecule has 0 bridgehead atoms. The fourth-order valence-corrected chi connectivity index (χ4v) is 2.77. The second-order valence-corrected chi connectivity index (χ2v) is 6.16. The summed E-state index contributed by atoms with van der Waals surface area (Å²) < 4.78 is 24.1. The van der Waals surface area contributed by atoms with Gasteiger partial charge in [-0.2, -0.15) is 9.97 Å². The van der Waals surface area contributed by atoms with Crippen molar-refractivity contribution in [1.29, 1.82) is 0 Å². The molecule has 1 heterocycles. The molecule has 3 aromatic rings. The lowest BCUT2D eigenvalue weighted by Gasteiger charge is -2.11. The number of nitrogens with two attached hydrogens (primary N) is 1. The van der Waals surface area contributed by atoms with Crippen molar-refractivity contribution in [3.8, 4) is 23.0 Å². The van der Waals surface area contributed by atoms with Gasteiger partial charge in [0, 0.05) is 30.3 Å². The summed E-state index contributed by atoms with van der Waals surface area (Å²) in [5.74, 6) is 1.14. The molecule has 0 radical (unpaired) electrons. The molecule has 28 heavy (non-hydrogen) atoms. The second kappa shape index (κ2) is 9.14. The van der Waals surface area contributed by atoms with Crippen LogP contribution >= 0.6 is 0 Å². The standard InChI is InChI=1S/C21H23FN4O2/c1-27-17-6-3-14(4-7-17)9-10-24-20-12-19(25-21(26-20)28-2)15-5-8-18(22)16(11-15)13-23/h3-8,11-12H,9-10,13,23H2,1-2H3,(H,24,25,26). The molecule has 0 saturated heterocycles. The molecule has 6 nitrogen and oxygen atoms in total. The molecule has 1 aromatic heterocycles. The number of nitrogens with one attached hydrogen (secondary N) is 1. The van der Waals surface area contributed by atoms with E-state index in [1.54, 1.807) is 19.2 Å². The fourth-order valence-electron chi connectivity index (χ4n) is 2.77. The molecule has 3 N–H and O–H groups in total. The van der Waals surface area contributed by atoms with Crippen LogP contribution in [0.2, 0.25) is 0 Å². The third-order valence-electron chi connectivity index (χ3n) is 4.33. The predicted octanol–water partition coefficient (Wildman–Crippen LogP) is 3.41. The van der Waals surface area contributed by atoms with Crippen molar-refractivity contribution in [2.24, 2.45) is 5.73 Å². The van der Waals surface area contributed by atoms with Crippen LogP contribution in [-0.4, -0.2) is 30.7 Å². The van der Waals surface area contributed by atoms with E-state index in [2.05, 4.69) is 15.3 Å². The normalized spacial score (nSPS) is 10.6. The van der Waals surface area contributed by atoms with E-state index >= 15 is 0 Å². The third-order valence-corrected chi connectivity index (χ3v) is 4.33. The highest BCUT2D eigenvalue weighted by molar-refractivity contribution is 5.64. The highest BCUT2D eigenvalue weighted by Crippen LogP contribution is 2.24. The van der Waals surface area contributed by atoms with Gasteiger partial charge < -0.3 is 20.5 Å². The summed E-state index contributed by atoms with van der Waals surface area (Å²) in [5.41, 5.74) is 8.60. The highest BCUT2D eigenvalue weighted by Gasteiger charge is 2.10. The second-order valence-electron chi connectivity index (χ2n) is 6.16. The Bertz CT molecular complexity index is 932. The molecule has 0 fully saturated rings. The highest BCUT2D eigenvalue weighted by atomic mass is 19.1. The number of nitrogens with zero attached hydrogens (tertiary/aromatic N) is 2. The number of methoxy groups -OCH3 is 2. The molecule has 0 aliphatic carbocycles. The SMILES string of the molecule is COc1ccc(CCNc2cc(-c3ccc(F)c(CN)c3)nc(OC)n2)cc1. The molecule has 0 saturated carbocycles. The van der Waals surface area contributed by atoms with Crippen LogP contribution in [0.5, 0.6) is 11.8 Å². The van der Waals surface area contributed by atoms with Crippen LogP contribution in [0.15, 0.2) is 48.5 Å². The number of benzene rings is 2. The van der Waals surface area contributed by atoms with Crippen LogP contribution in [0, 0.1) is 5.82 Å². The molecule has 3 rings (SSSR count). The van der Waals surface area contributed by atoms with Gasteiger partial charge in [-0.05, 0) is 42.3 Å². The largest absolute Gasteiger partial charge is 0.497 e. The van der Waals surface area contributed by atoms with Crippen LogP contribution < -0.4 is 20.5 Å². The quantitative estimate of drug-likeness (QED) is 0.621. The van der Waals surface area contributed by atoms with E-state index in [0.717, 1.165) is 17.7 Å². The average Bonchev–Trinajstić information content (AvgIpc) is 2.74. The average molecular weight is 382 g/mol. The van der Waals surface area contributed by atoms with Crippen molar-refractivity contribution in [3.63, 3.8) is 0 Å². The minimum atomic E-state index is -0.329. The zero-order chi connectivity index (χ0) is 19.9. The van der Waals surface area contributed by atoms with E-state index in [-0.39, 0.29) is 18.4 Å². The van der Waals surface area contributed by atoms with Gasteiger partial charge in [0.15, 0.2) is 0 Å². The predicted molar refractivity (Wildman–Crippen MR) is 107 cm³/mol. The zero-order valence-electron chi connectivity index (χ0n) is 15.9. The van der Waals surface area contributed by atoms with E-state index in [0.29, 0.717) is 23.6 Å². The van der Waals surface area contributed by atoms with E-state index in [9.17, 15) is 4.39 Å².